The predicted molar refractivity (Wildman–Crippen MR) is 89.9 cm³/mol. The molecule has 0 heterocycles. The summed E-state index contributed by atoms with van der Waals surface area (Å²) in [7, 11) is 0. The number of rotatable bonds is 5. The molecule has 2 amide bonds. The maximum atomic E-state index is 12.5. The molecule has 1 aromatic rings. The van der Waals surface area contributed by atoms with Crippen molar-refractivity contribution in [1.82, 2.24) is 5.32 Å². The van der Waals surface area contributed by atoms with E-state index in [4.69, 9.17) is 5.73 Å². The molecular formula is C18H23N3O2. The number of carbonyl (C=O) groups is 2. The monoisotopic (exact) mass is 313 g/mol. The zero-order chi connectivity index (χ0) is 16.4. The van der Waals surface area contributed by atoms with Gasteiger partial charge in [-0.25, -0.2) is 0 Å². The molecule has 3 rings (SSSR count). The quantitative estimate of drug-likeness (QED) is 0.726. The number of hydrogen-bond donors (Lipinski definition) is 3. The summed E-state index contributed by atoms with van der Waals surface area (Å²) in [5.74, 6) is 0.710. The molecule has 0 aliphatic heterocycles. The van der Waals surface area contributed by atoms with E-state index in [9.17, 15) is 9.59 Å². The van der Waals surface area contributed by atoms with Crippen molar-refractivity contribution < 1.29 is 9.59 Å². The van der Waals surface area contributed by atoms with Gasteiger partial charge in [-0.05, 0) is 55.4 Å². The lowest BCUT2D eigenvalue weighted by molar-refractivity contribution is -0.121. The van der Waals surface area contributed by atoms with Gasteiger partial charge in [-0.3, -0.25) is 9.59 Å². The Bertz CT molecular complexity index is 609. The summed E-state index contributed by atoms with van der Waals surface area (Å²) >= 11 is 0. The van der Waals surface area contributed by atoms with Crippen LogP contribution in [-0.4, -0.2) is 24.4 Å². The van der Waals surface area contributed by atoms with Gasteiger partial charge in [0.15, 0.2) is 0 Å². The Morgan fingerprint density at radius 2 is 1.91 bits per heavy atom. The standard InChI is InChI=1S/C18H23N3O2/c1-2-9-20-17(22)11-5-7-14(8-6-11)21-18(23)15-12-3-4-13(10-12)16(15)19/h2,5-8,12-13,15-16H,1,3-4,9-10,19H2,(H,20,22)(H,21,23). The van der Waals surface area contributed by atoms with Crippen LogP contribution in [0.15, 0.2) is 36.9 Å². The molecule has 0 saturated heterocycles. The lowest BCUT2D eigenvalue weighted by Crippen LogP contribution is -2.42. The van der Waals surface area contributed by atoms with Crippen molar-refractivity contribution in [2.45, 2.75) is 25.3 Å². The van der Waals surface area contributed by atoms with E-state index >= 15 is 0 Å². The fraction of sp³-hybridized carbons (Fsp3) is 0.444. The van der Waals surface area contributed by atoms with Crippen LogP contribution in [0.2, 0.25) is 0 Å². The minimum absolute atomic E-state index is 0.00792. The van der Waals surface area contributed by atoms with Gasteiger partial charge in [0.1, 0.15) is 0 Å². The van der Waals surface area contributed by atoms with E-state index in [0.29, 0.717) is 29.6 Å². The van der Waals surface area contributed by atoms with Crippen LogP contribution in [0.1, 0.15) is 29.6 Å². The average molecular weight is 313 g/mol. The summed E-state index contributed by atoms with van der Waals surface area (Å²) < 4.78 is 0. The smallest absolute Gasteiger partial charge is 0.251 e. The van der Waals surface area contributed by atoms with E-state index in [-0.39, 0.29) is 23.8 Å². The Balaban J connectivity index is 1.61. The Hall–Kier alpha value is -2.14. The largest absolute Gasteiger partial charge is 0.349 e. The summed E-state index contributed by atoms with van der Waals surface area (Å²) in [6, 6.07) is 6.89. The van der Waals surface area contributed by atoms with Crippen molar-refractivity contribution in [3.8, 4) is 0 Å². The van der Waals surface area contributed by atoms with Crippen LogP contribution in [0.5, 0.6) is 0 Å². The number of nitrogens with one attached hydrogen (secondary N) is 2. The SMILES string of the molecule is C=CCNC(=O)c1ccc(NC(=O)C2C3CCC(C3)C2N)cc1. The fourth-order valence-electron chi connectivity index (χ4n) is 3.92. The van der Waals surface area contributed by atoms with Gasteiger partial charge in [-0.1, -0.05) is 6.08 Å². The Morgan fingerprint density at radius 1 is 1.22 bits per heavy atom. The molecule has 2 bridgehead atoms. The molecule has 0 radical (unpaired) electrons. The van der Waals surface area contributed by atoms with Crippen LogP contribution < -0.4 is 16.4 Å². The van der Waals surface area contributed by atoms with Gasteiger partial charge in [0.05, 0.1) is 5.92 Å². The Morgan fingerprint density at radius 3 is 2.52 bits per heavy atom. The molecule has 0 spiro atoms. The van der Waals surface area contributed by atoms with E-state index in [1.54, 1.807) is 30.3 Å². The van der Waals surface area contributed by atoms with Crippen LogP contribution in [-0.2, 0) is 4.79 Å². The second kappa shape index (κ2) is 6.54. The van der Waals surface area contributed by atoms with Gasteiger partial charge in [-0.15, -0.1) is 6.58 Å². The number of fused-ring (bicyclic) bond motifs is 2. The Kier molecular flexibility index (Phi) is 4.48. The van der Waals surface area contributed by atoms with E-state index in [0.717, 1.165) is 19.3 Å². The van der Waals surface area contributed by atoms with Crippen molar-refractivity contribution in [1.29, 1.82) is 0 Å². The Labute approximate surface area is 136 Å². The zero-order valence-electron chi connectivity index (χ0n) is 13.1. The van der Waals surface area contributed by atoms with Crippen molar-refractivity contribution in [2.75, 3.05) is 11.9 Å². The van der Waals surface area contributed by atoms with Crippen LogP contribution in [0.25, 0.3) is 0 Å². The maximum absolute atomic E-state index is 12.5. The summed E-state index contributed by atoms with van der Waals surface area (Å²) in [4.78, 5) is 24.3. The number of anilines is 1. The third-order valence-electron chi connectivity index (χ3n) is 5.10. The van der Waals surface area contributed by atoms with E-state index in [1.165, 1.54) is 0 Å². The summed E-state index contributed by atoms with van der Waals surface area (Å²) in [5.41, 5.74) is 7.46. The van der Waals surface area contributed by atoms with Crippen LogP contribution in [0.3, 0.4) is 0 Å². The lowest BCUT2D eigenvalue weighted by Gasteiger charge is -2.27. The first kappa shape index (κ1) is 15.7. The maximum Gasteiger partial charge on any atom is 0.251 e. The van der Waals surface area contributed by atoms with Crippen molar-refractivity contribution in [3.05, 3.63) is 42.5 Å². The number of amides is 2. The third-order valence-corrected chi connectivity index (χ3v) is 5.10. The van der Waals surface area contributed by atoms with E-state index in [1.807, 2.05) is 0 Å². The van der Waals surface area contributed by atoms with Gasteiger partial charge >= 0.3 is 0 Å². The van der Waals surface area contributed by atoms with Crippen LogP contribution in [0, 0.1) is 17.8 Å². The molecule has 4 unspecified atom stereocenters. The first-order valence-electron chi connectivity index (χ1n) is 8.15. The highest BCUT2D eigenvalue weighted by molar-refractivity contribution is 5.96. The van der Waals surface area contributed by atoms with Crippen molar-refractivity contribution in [3.63, 3.8) is 0 Å². The summed E-state index contributed by atoms with van der Waals surface area (Å²) in [6.07, 6.45) is 4.98. The highest BCUT2D eigenvalue weighted by Gasteiger charge is 2.49. The first-order valence-corrected chi connectivity index (χ1v) is 8.15. The summed E-state index contributed by atoms with van der Waals surface area (Å²) in [6.45, 7) is 3.99. The van der Waals surface area contributed by atoms with Gasteiger partial charge in [0.25, 0.3) is 5.91 Å². The minimum Gasteiger partial charge on any atom is -0.349 e. The lowest BCUT2D eigenvalue weighted by atomic mass is 9.84. The molecule has 5 heteroatoms. The molecule has 5 nitrogen and oxygen atoms in total. The molecule has 4 atom stereocenters. The number of hydrogen-bond acceptors (Lipinski definition) is 3. The topological polar surface area (TPSA) is 84.2 Å². The normalized spacial score (nSPS) is 28.4. The van der Waals surface area contributed by atoms with E-state index in [2.05, 4.69) is 17.2 Å². The van der Waals surface area contributed by atoms with Gasteiger partial charge in [-0.2, -0.15) is 0 Å². The highest BCUT2D eigenvalue weighted by Crippen LogP contribution is 2.47. The number of benzene rings is 1. The van der Waals surface area contributed by atoms with E-state index < -0.39 is 0 Å². The second-order valence-electron chi connectivity index (χ2n) is 6.50. The first-order chi connectivity index (χ1) is 11.1. The molecule has 1 aromatic carbocycles. The molecule has 4 N–H and O–H groups in total. The minimum atomic E-state index is -0.155. The number of nitrogens with two attached hydrogens (primary N) is 1. The molecule has 2 fully saturated rings. The molecule has 2 saturated carbocycles. The summed E-state index contributed by atoms with van der Waals surface area (Å²) in [5, 5.41) is 5.66. The molecule has 23 heavy (non-hydrogen) atoms. The molecule has 2 aliphatic rings. The van der Waals surface area contributed by atoms with Crippen molar-refractivity contribution in [2.24, 2.45) is 23.5 Å². The predicted octanol–water partition coefficient (Wildman–Crippen LogP) is 1.91. The van der Waals surface area contributed by atoms with Gasteiger partial charge in [0, 0.05) is 23.8 Å². The number of carbonyl (C=O) groups excluding carboxylic acids is 2. The van der Waals surface area contributed by atoms with Crippen LogP contribution in [0.4, 0.5) is 5.69 Å². The van der Waals surface area contributed by atoms with Crippen molar-refractivity contribution >= 4 is 17.5 Å². The molecular weight excluding hydrogens is 290 g/mol. The molecule has 122 valence electrons. The average Bonchev–Trinajstić information content (AvgIpc) is 3.14. The molecule has 2 aliphatic carbocycles. The van der Waals surface area contributed by atoms with Crippen LogP contribution >= 0.6 is 0 Å². The fourth-order valence-corrected chi connectivity index (χ4v) is 3.92. The van der Waals surface area contributed by atoms with Gasteiger partial charge in [0.2, 0.25) is 5.91 Å². The molecule has 0 aromatic heterocycles. The second-order valence-corrected chi connectivity index (χ2v) is 6.50. The third kappa shape index (κ3) is 3.15. The zero-order valence-corrected chi connectivity index (χ0v) is 13.1. The van der Waals surface area contributed by atoms with Gasteiger partial charge < -0.3 is 16.4 Å². The highest BCUT2D eigenvalue weighted by atomic mass is 16.2.